The summed E-state index contributed by atoms with van der Waals surface area (Å²) >= 11 is 1.63. The number of aliphatic hydroxyl groups excluding tert-OH is 1. The van der Waals surface area contributed by atoms with E-state index >= 15 is 0 Å². The topological polar surface area (TPSA) is 37.3 Å². The van der Waals surface area contributed by atoms with Gasteiger partial charge in [-0.1, -0.05) is 6.08 Å². The van der Waals surface area contributed by atoms with Crippen molar-refractivity contribution >= 4 is 17.5 Å². The van der Waals surface area contributed by atoms with Crippen LogP contribution in [0.4, 0.5) is 0 Å². The van der Waals surface area contributed by atoms with Crippen LogP contribution in [-0.2, 0) is 4.79 Å². The Bertz CT molecular complexity index is 154. The van der Waals surface area contributed by atoms with Gasteiger partial charge in [0.2, 0.25) is 0 Å². The minimum atomic E-state index is 0.198. The number of hydrogen-bond acceptors (Lipinski definition) is 3. The van der Waals surface area contributed by atoms with E-state index in [9.17, 15) is 4.79 Å². The van der Waals surface area contributed by atoms with Crippen LogP contribution in [-0.4, -0.2) is 28.5 Å². The summed E-state index contributed by atoms with van der Waals surface area (Å²) in [5.74, 6) is 0.929. The van der Waals surface area contributed by atoms with Crippen molar-refractivity contribution in [2.24, 2.45) is 0 Å². The standard InChI is InChI=1S/C7H10O2S/c8-3-4-10-7-2-1-6(9)5-7/h1-2,7-8H,3-5H2. The Kier molecular flexibility index (Phi) is 2.96. The van der Waals surface area contributed by atoms with Crippen molar-refractivity contribution < 1.29 is 9.90 Å². The average molecular weight is 158 g/mol. The van der Waals surface area contributed by atoms with Gasteiger partial charge < -0.3 is 5.11 Å². The molecule has 56 valence electrons. The van der Waals surface area contributed by atoms with E-state index < -0.39 is 0 Å². The Morgan fingerprint density at radius 1 is 1.80 bits per heavy atom. The van der Waals surface area contributed by atoms with Crippen LogP contribution in [0.5, 0.6) is 0 Å². The summed E-state index contributed by atoms with van der Waals surface area (Å²) in [6.45, 7) is 0.198. The first-order valence-corrected chi connectivity index (χ1v) is 4.31. The highest BCUT2D eigenvalue weighted by molar-refractivity contribution is 8.00. The molecule has 0 aromatic carbocycles. The normalized spacial score (nSPS) is 24.1. The van der Waals surface area contributed by atoms with Crippen LogP contribution in [0.2, 0.25) is 0 Å². The summed E-state index contributed by atoms with van der Waals surface area (Å²) in [6.07, 6.45) is 4.14. The minimum absolute atomic E-state index is 0.198. The first kappa shape index (κ1) is 7.82. The van der Waals surface area contributed by atoms with E-state index in [1.54, 1.807) is 17.8 Å². The lowest BCUT2D eigenvalue weighted by molar-refractivity contribution is -0.113. The third kappa shape index (κ3) is 2.15. The molecule has 0 spiro atoms. The molecule has 2 nitrogen and oxygen atoms in total. The lowest BCUT2D eigenvalue weighted by atomic mass is 10.3. The fourth-order valence-electron chi connectivity index (χ4n) is 0.868. The van der Waals surface area contributed by atoms with E-state index in [-0.39, 0.29) is 12.4 Å². The molecule has 0 fully saturated rings. The number of rotatable bonds is 3. The van der Waals surface area contributed by atoms with Gasteiger partial charge in [-0.25, -0.2) is 0 Å². The van der Waals surface area contributed by atoms with E-state index in [4.69, 9.17) is 5.11 Å². The van der Waals surface area contributed by atoms with Crippen molar-refractivity contribution in [1.82, 2.24) is 0 Å². The molecule has 1 aliphatic carbocycles. The zero-order valence-electron chi connectivity index (χ0n) is 5.62. The fraction of sp³-hybridized carbons (Fsp3) is 0.571. The van der Waals surface area contributed by atoms with Crippen molar-refractivity contribution in [2.45, 2.75) is 11.7 Å². The summed E-state index contributed by atoms with van der Waals surface area (Å²) in [5.41, 5.74) is 0. The molecule has 0 saturated carbocycles. The molecule has 0 amide bonds. The summed E-state index contributed by atoms with van der Waals surface area (Å²) in [4.78, 5) is 10.7. The monoisotopic (exact) mass is 158 g/mol. The average Bonchev–Trinajstić information content (AvgIpc) is 2.31. The molecule has 1 aliphatic rings. The predicted octanol–water partition coefficient (Wildman–Crippen LogP) is 0.609. The molecular formula is C7H10O2S. The van der Waals surface area contributed by atoms with Crippen molar-refractivity contribution in [1.29, 1.82) is 0 Å². The van der Waals surface area contributed by atoms with Gasteiger partial charge >= 0.3 is 0 Å². The van der Waals surface area contributed by atoms with Crippen LogP contribution in [0, 0.1) is 0 Å². The molecular weight excluding hydrogens is 148 g/mol. The maximum atomic E-state index is 10.7. The van der Waals surface area contributed by atoms with Gasteiger partial charge in [-0.15, -0.1) is 0 Å². The zero-order valence-corrected chi connectivity index (χ0v) is 6.43. The van der Waals surface area contributed by atoms with Crippen LogP contribution in [0.3, 0.4) is 0 Å². The first-order chi connectivity index (χ1) is 4.83. The number of hydrogen-bond donors (Lipinski definition) is 1. The predicted molar refractivity (Wildman–Crippen MR) is 42.1 cm³/mol. The SMILES string of the molecule is O=C1C=CC(SCCO)C1. The summed E-state index contributed by atoms with van der Waals surface area (Å²) in [7, 11) is 0. The van der Waals surface area contributed by atoms with Crippen LogP contribution in [0.25, 0.3) is 0 Å². The second-order valence-electron chi connectivity index (χ2n) is 2.16. The van der Waals surface area contributed by atoms with Crippen LogP contribution < -0.4 is 0 Å². The van der Waals surface area contributed by atoms with Gasteiger partial charge in [0.05, 0.1) is 6.61 Å². The van der Waals surface area contributed by atoms with Crippen molar-refractivity contribution in [3.05, 3.63) is 12.2 Å². The minimum Gasteiger partial charge on any atom is -0.396 e. The molecule has 1 unspecified atom stereocenters. The lowest BCUT2D eigenvalue weighted by Gasteiger charge is -2.02. The molecule has 0 aromatic rings. The first-order valence-electron chi connectivity index (χ1n) is 3.26. The van der Waals surface area contributed by atoms with Gasteiger partial charge in [-0.3, -0.25) is 4.79 Å². The van der Waals surface area contributed by atoms with E-state index in [1.165, 1.54) is 0 Å². The maximum absolute atomic E-state index is 10.7. The Hall–Kier alpha value is -0.280. The van der Waals surface area contributed by atoms with Gasteiger partial charge in [0.25, 0.3) is 0 Å². The van der Waals surface area contributed by atoms with Gasteiger partial charge in [0.1, 0.15) is 0 Å². The number of allylic oxidation sites excluding steroid dienone is 1. The summed E-state index contributed by atoms with van der Waals surface area (Å²) < 4.78 is 0. The third-order valence-corrected chi connectivity index (χ3v) is 2.49. The van der Waals surface area contributed by atoms with Gasteiger partial charge in [0, 0.05) is 17.4 Å². The van der Waals surface area contributed by atoms with Crippen LogP contribution in [0.1, 0.15) is 6.42 Å². The van der Waals surface area contributed by atoms with Gasteiger partial charge in [0.15, 0.2) is 5.78 Å². The molecule has 1 N–H and O–H groups in total. The van der Waals surface area contributed by atoms with E-state index in [0.29, 0.717) is 11.7 Å². The number of carbonyl (C=O) groups is 1. The number of aliphatic hydroxyl groups is 1. The van der Waals surface area contributed by atoms with Crippen molar-refractivity contribution in [3.63, 3.8) is 0 Å². The molecule has 0 heterocycles. The van der Waals surface area contributed by atoms with Crippen LogP contribution in [0.15, 0.2) is 12.2 Å². The Morgan fingerprint density at radius 2 is 2.60 bits per heavy atom. The van der Waals surface area contributed by atoms with Crippen LogP contribution >= 0.6 is 11.8 Å². The Labute approximate surface area is 64.3 Å². The quantitative estimate of drug-likeness (QED) is 0.654. The second-order valence-corrected chi connectivity index (χ2v) is 3.51. The third-order valence-electron chi connectivity index (χ3n) is 1.32. The Balaban J connectivity index is 2.20. The van der Waals surface area contributed by atoms with E-state index in [1.807, 2.05) is 6.08 Å². The number of carbonyl (C=O) groups excluding carboxylic acids is 1. The molecule has 10 heavy (non-hydrogen) atoms. The summed E-state index contributed by atoms with van der Waals surface area (Å²) in [5, 5.41) is 8.78. The largest absolute Gasteiger partial charge is 0.396 e. The molecule has 1 rings (SSSR count). The van der Waals surface area contributed by atoms with Crippen molar-refractivity contribution in [2.75, 3.05) is 12.4 Å². The van der Waals surface area contributed by atoms with E-state index in [0.717, 1.165) is 5.75 Å². The number of ketones is 1. The smallest absolute Gasteiger partial charge is 0.156 e. The van der Waals surface area contributed by atoms with Gasteiger partial charge in [-0.2, -0.15) is 11.8 Å². The lowest BCUT2D eigenvalue weighted by Crippen LogP contribution is -2.00. The number of thioether (sulfide) groups is 1. The molecule has 0 aliphatic heterocycles. The Morgan fingerprint density at radius 3 is 3.10 bits per heavy atom. The maximum Gasteiger partial charge on any atom is 0.156 e. The highest BCUT2D eigenvalue weighted by Gasteiger charge is 2.14. The molecule has 0 aromatic heterocycles. The molecule has 0 radical (unpaired) electrons. The van der Waals surface area contributed by atoms with Crippen molar-refractivity contribution in [3.8, 4) is 0 Å². The fourth-order valence-corrected chi connectivity index (χ4v) is 1.75. The highest BCUT2D eigenvalue weighted by Crippen LogP contribution is 2.20. The molecule has 1 atom stereocenters. The van der Waals surface area contributed by atoms with E-state index in [2.05, 4.69) is 0 Å². The van der Waals surface area contributed by atoms with Gasteiger partial charge in [-0.05, 0) is 6.08 Å². The highest BCUT2D eigenvalue weighted by atomic mass is 32.2. The molecule has 0 bridgehead atoms. The second kappa shape index (κ2) is 3.78. The molecule has 0 saturated heterocycles. The zero-order chi connectivity index (χ0) is 7.40. The molecule has 3 heteroatoms. The summed E-state index contributed by atoms with van der Waals surface area (Å²) in [6, 6.07) is 0.